The zero-order valence-corrected chi connectivity index (χ0v) is 11.2. The molecule has 0 radical (unpaired) electrons. The highest BCUT2D eigenvalue weighted by atomic mass is 16.2. The number of para-hydroxylation sites is 1. The van der Waals surface area contributed by atoms with Gasteiger partial charge in [0.2, 0.25) is 11.8 Å². The van der Waals surface area contributed by atoms with Gasteiger partial charge in [0.15, 0.2) is 0 Å². The molecule has 2 amide bonds. The van der Waals surface area contributed by atoms with Crippen molar-refractivity contribution in [2.45, 2.75) is 46.0 Å². The van der Waals surface area contributed by atoms with Gasteiger partial charge in [-0.2, -0.15) is 0 Å². The van der Waals surface area contributed by atoms with Gasteiger partial charge in [0.05, 0.1) is 5.69 Å². The Morgan fingerprint density at radius 1 is 1.11 bits per heavy atom. The van der Waals surface area contributed by atoms with E-state index in [1.165, 1.54) is 4.90 Å². The summed E-state index contributed by atoms with van der Waals surface area (Å²) < 4.78 is 0. The number of piperidine rings is 1. The first-order chi connectivity index (χ1) is 8.52. The zero-order chi connectivity index (χ0) is 13.3. The van der Waals surface area contributed by atoms with Gasteiger partial charge in [-0.15, -0.1) is 0 Å². The highest BCUT2D eigenvalue weighted by Crippen LogP contribution is 2.33. The minimum atomic E-state index is -0.0672. The van der Waals surface area contributed by atoms with Gasteiger partial charge in [-0.1, -0.05) is 32.0 Å². The lowest BCUT2D eigenvalue weighted by Crippen LogP contribution is -2.41. The Balaban J connectivity index is 2.55. The smallest absolute Gasteiger partial charge is 0.233 e. The molecule has 1 aliphatic heterocycles. The average Bonchev–Trinajstić information content (AvgIpc) is 2.30. The Labute approximate surface area is 108 Å². The molecule has 1 aromatic carbocycles. The summed E-state index contributed by atoms with van der Waals surface area (Å²) in [4.78, 5) is 25.5. The molecule has 2 rings (SSSR count). The summed E-state index contributed by atoms with van der Waals surface area (Å²) >= 11 is 0. The van der Waals surface area contributed by atoms with Crippen LogP contribution in [0.2, 0.25) is 0 Å². The van der Waals surface area contributed by atoms with Crippen molar-refractivity contribution in [1.29, 1.82) is 0 Å². The molecule has 18 heavy (non-hydrogen) atoms. The molecule has 96 valence electrons. The van der Waals surface area contributed by atoms with Crippen molar-refractivity contribution >= 4 is 17.5 Å². The lowest BCUT2D eigenvalue weighted by molar-refractivity contribution is -0.129. The van der Waals surface area contributed by atoms with Crippen LogP contribution >= 0.6 is 0 Å². The lowest BCUT2D eigenvalue weighted by atomic mass is 9.95. The first-order valence-electron chi connectivity index (χ1n) is 6.47. The number of hydrogen-bond donors (Lipinski definition) is 0. The second kappa shape index (κ2) is 4.92. The molecule has 1 aliphatic rings. The molecule has 1 aromatic rings. The first-order valence-corrected chi connectivity index (χ1v) is 6.47. The molecule has 0 aromatic heterocycles. The summed E-state index contributed by atoms with van der Waals surface area (Å²) in [5.74, 6) is 0.160. The van der Waals surface area contributed by atoms with E-state index in [0.717, 1.165) is 16.8 Å². The second-order valence-electron chi connectivity index (χ2n) is 5.14. The summed E-state index contributed by atoms with van der Waals surface area (Å²) in [6.45, 7) is 6.12. The highest BCUT2D eigenvalue weighted by Gasteiger charge is 2.30. The number of imide groups is 1. The van der Waals surface area contributed by atoms with Crippen molar-refractivity contribution < 1.29 is 9.59 Å². The van der Waals surface area contributed by atoms with E-state index < -0.39 is 0 Å². The van der Waals surface area contributed by atoms with Gasteiger partial charge in [-0.05, 0) is 30.4 Å². The maximum atomic E-state index is 12.0. The van der Waals surface area contributed by atoms with Gasteiger partial charge in [0.1, 0.15) is 0 Å². The van der Waals surface area contributed by atoms with E-state index in [1.54, 1.807) is 0 Å². The van der Waals surface area contributed by atoms with Crippen LogP contribution in [0.4, 0.5) is 5.69 Å². The third-order valence-electron chi connectivity index (χ3n) is 3.39. The van der Waals surface area contributed by atoms with Crippen LogP contribution in [0.1, 0.15) is 50.2 Å². The van der Waals surface area contributed by atoms with Gasteiger partial charge < -0.3 is 0 Å². The van der Waals surface area contributed by atoms with E-state index in [-0.39, 0.29) is 11.8 Å². The van der Waals surface area contributed by atoms with Crippen LogP contribution < -0.4 is 4.90 Å². The molecule has 1 saturated heterocycles. The van der Waals surface area contributed by atoms with Crippen LogP contribution in [0, 0.1) is 6.92 Å². The summed E-state index contributed by atoms with van der Waals surface area (Å²) in [7, 11) is 0. The fourth-order valence-corrected chi connectivity index (χ4v) is 2.46. The first kappa shape index (κ1) is 12.8. The molecule has 0 saturated carbocycles. The molecule has 1 fully saturated rings. The number of hydrogen-bond acceptors (Lipinski definition) is 2. The van der Waals surface area contributed by atoms with Crippen molar-refractivity contribution in [3.8, 4) is 0 Å². The van der Waals surface area contributed by atoms with Crippen LogP contribution in [0.25, 0.3) is 0 Å². The minimum Gasteiger partial charge on any atom is -0.274 e. The SMILES string of the molecule is Cc1cccc(C(C)C)c1N1C(=O)CCCC1=O. The number of nitrogens with zero attached hydrogens (tertiary/aromatic N) is 1. The molecular weight excluding hydrogens is 226 g/mol. The summed E-state index contributed by atoms with van der Waals surface area (Å²) in [6, 6.07) is 5.94. The van der Waals surface area contributed by atoms with Gasteiger partial charge in [0, 0.05) is 12.8 Å². The molecule has 0 spiro atoms. The third-order valence-corrected chi connectivity index (χ3v) is 3.39. The van der Waals surface area contributed by atoms with Crippen molar-refractivity contribution in [2.75, 3.05) is 4.90 Å². The van der Waals surface area contributed by atoms with E-state index in [0.29, 0.717) is 25.2 Å². The van der Waals surface area contributed by atoms with E-state index in [9.17, 15) is 9.59 Å². The summed E-state index contributed by atoms with van der Waals surface area (Å²) in [5.41, 5.74) is 2.87. The van der Waals surface area contributed by atoms with Gasteiger partial charge in [-0.3, -0.25) is 14.5 Å². The Hall–Kier alpha value is -1.64. The molecule has 0 N–H and O–H groups in total. The molecule has 3 nitrogen and oxygen atoms in total. The van der Waals surface area contributed by atoms with E-state index in [1.807, 2.05) is 25.1 Å². The molecule has 3 heteroatoms. The van der Waals surface area contributed by atoms with Gasteiger partial charge in [-0.25, -0.2) is 0 Å². The summed E-state index contributed by atoms with van der Waals surface area (Å²) in [6.07, 6.45) is 1.62. The number of aryl methyl sites for hydroxylation is 1. The summed E-state index contributed by atoms with van der Waals surface area (Å²) in [5, 5.41) is 0. The van der Waals surface area contributed by atoms with Crippen molar-refractivity contribution in [2.24, 2.45) is 0 Å². The van der Waals surface area contributed by atoms with Crippen LogP contribution in [0.15, 0.2) is 18.2 Å². The van der Waals surface area contributed by atoms with E-state index in [4.69, 9.17) is 0 Å². The number of anilines is 1. The Kier molecular flexibility index (Phi) is 3.50. The molecule has 0 aliphatic carbocycles. The average molecular weight is 245 g/mol. The molecule has 0 bridgehead atoms. The fraction of sp³-hybridized carbons (Fsp3) is 0.467. The topological polar surface area (TPSA) is 37.4 Å². The van der Waals surface area contributed by atoms with Crippen molar-refractivity contribution in [3.05, 3.63) is 29.3 Å². The largest absolute Gasteiger partial charge is 0.274 e. The molecular formula is C15H19NO2. The lowest BCUT2D eigenvalue weighted by Gasteiger charge is -2.29. The minimum absolute atomic E-state index is 0.0672. The van der Waals surface area contributed by atoms with Crippen LogP contribution in [-0.2, 0) is 9.59 Å². The Bertz CT molecular complexity index is 475. The third kappa shape index (κ3) is 2.17. The van der Waals surface area contributed by atoms with E-state index in [2.05, 4.69) is 13.8 Å². The van der Waals surface area contributed by atoms with Gasteiger partial charge >= 0.3 is 0 Å². The second-order valence-corrected chi connectivity index (χ2v) is 5.14. The zero-order valence-electron chi connectivity index (χ0n) is 11.2. The normalized spacial score (nSPS) is 16.6. The Morgan fingerprint density at radius 3 is 2.28 bits per heavy atom. The fourth-order valence-electron chi connectivity index (χ4n) is 2.46. The molecule has 0 unspecified atom stereocenters. The number of carbonyl (C=O) groups excluding carboxylic acids is 2. The van der Waals surface area contributed by atoms with Crippen LogP contribution in [0.5, 0.6) is 0 Å². The maximum Gasteiger partial charge on any atom is 0.233 e. The standard InChI is InChI=1S/C15H19NO2/c1-10(2)12-7-4-6-11(3)15(12)16-13(17)8-5-9-14(16)18/h4,6-7,10H,5,8-9H2,1-3H3. The quantitative estimate of drug-likeness (QED) is 0.750. The number of amides is 2. The predicted molar refractivity (Wildman–Crippen MR) is 71.6 cm³/mol. The van der Waals surface area contributed by atoms with Crippen molar-refractivity contribution in [3.63, 3.8) is 0 Å². The Morgan fingerprint density at radius 2 is 1.72 bits per heavy atom. The molecule has 1 heterocycles. The number of benzene rings is 1. The number of rotatable bonds is 2. The monoisotopic (exact) mass is 245 g/mol. The predicted octanol–water partition coefficient (Wildman–Crippen LogP) is 3.16. The van der Waals surface area contributed by atoms with Crippen LogP contribution in [-0.4, -0.2) is 11.8 Å². The number of carbonyl (C=O) groups is 2. The van der Waals surface area contributed by atoms with Crippen LogP contribution in [0.3, 0.4) is 0 Å². The highest BCUT2D eigenvalue weighted by molar-refractivity contribution is 6.17. The van der Waals surface area contributed by atoms with E-state index >= 15 is 0 Å². The van der Waals surface area contributed by atoms with Gasteiger partial charge in [0.25, 0.3) is 0 Å². The maximum absolute atomic E-state index is 12.0. The molecule has 0 atom stereocenters. The van der Waals surface area contributed by atoms with Crippen molar-refractivity contribution in [1.82, 2.24) is 0 Å².